The molecule has 0 aliphatic heterocycles. The lowest BCUT2D eigenvalue weighted by Crippen LogP contribution is -2.14. The molecule has 0 saturated heterocycles. The Morgan fingerprint density at radius 1 is 0.618 bits per heavy atom. The zero-order chi connectivity index (χ0) is 24.1. The average molecular weight is 468 g/mol. The highest BCUT2D eigenvalue weighted by Crippen LogP contribution is 2.28. The summed E-state index contributed by atoms with van der Waals surface area (Å²) in [4.78, 5) is 0. The smallest absolute Gasteiger partial charge is 0.161 e. The Morgan fingerprint density at radius 3 is 1.79 bits per heavy atom. The molecule has 34 heavy (non-hydrogen) atoms. The third kappa shape index (κ3) is 13.0. The van der Waals surface area contributed by atoms with Crippen LogP contribution in [0.3, 0.4) is 0 Å². The molecule has 0 atom stereocenters. The van der Waals surface area contributed by atoms with Crippen LogP contribution < -0.4 is 14.8 Å². The van der Waals surface area contributed by atoms with E-state index >= 15 is 0 Å². The summed E-state index contributed by atoms with van der Waals surface area (Å²) >= 11 is 0. The molecule has 3 heteroatoms. The molecular weight excluding hydrogens is 418 g/mol. The summed E-state index contributed by atoms with van der Waals surface area (Å²) < 4.78 is 11.5. The van der Waals surface area contributed by atoms with Crippen molar-refractivity contribution in [1.82, 2.24) is 5.32 Å². The summed E-state index contributed by atoms with van der Waals surface area (Å²) in [6.45, 7) is 4.78. The van der Waals surface area contributed by atoms with Crippen LogP contribution in [0.4, 0.5) is 0 Å². The second-order valence-electron chi connectivity index (χ2n) is 9.53. The Hall–Kier alpha value is -2.00. The van der Waals surface area contributed by atoms with Crippen LogP contribution in [-0.4, -0.2) is 13.7 Å². The Kier molecular flexibility index (Phi) is 16.0. The molecule has 2 rings (SSSR count). The minimum atomic E-state index is 0.550. The molecule has 0 aromatic heterocycles. The van der Waals surface area contributed by atoms with Crippen molar-refractivity contribution in [2.45, 2.75) is 110 Å². The van der Waals surface area contributed by atoms with Crippen LogP contribution in [0.2, 0.25) is 0 Å². The fraction of sp³-hybridized carbons (Fsp3) is 0.613. The van der Waals surface area contributed by atoms with Crippen LogP contribution in [0.5, 0.6) is 11.5 Å². The van der Waals surface area contributed by atoms with Gasteiger partial charge in [0.1, 0.15) is 6.61 Å². The minimum Gasteiger partial charge on any atom is -0.493 e. The first-order valence-electron chi connectivity index (χ1n) is 13.9. The van der Waals surface area contributed by atoms with E-state index in [1.807, 2.05) is 24.3 Å². The van der Waals surface area contributed by atoms with Crippen LogP contribution in [0.15, 0.2) is 48.5 Å². The van der Waals surface area contributed by atoms with Gasteiger partial charge in [-0.05, 0) is 36.2 Å². The van der Waals surface area contributed by atoms with Gasteiger partial charge in [-0.1, -0.05) is 127 Å². The first kappa shape index (κ1) is 28.2. The topological polar surface area (TPSA) is 30.5 Å². The Labute approximate surface area is 209 Å². The molecule has 2 aromatic carbocycles. The Morgan fingerprint density at radius 2 is 1.21 bits per heavy atom. The highest BCUT2D eigenvalue weighted by Gasteiger charge is 2.06. The number of hydrogen-bond acceptors (Lipinski definition) is 3. The van der Waals surface area contributed by atoms with Gasteiger partial charge < -0.3 is 14.8 Å². The van der Waals surface area contributed by atoms with Crippen molar-refractivity contribution in [3.8, 4) is 11.5 Å². The molecule has 1 N–H and O–H groups in total. The highest BCUT2D eigenvalue weighted by molar-refractivity contribution is 5.43. The Balaban J connectivity index is 1.46. The van der Waals surface area contributed by atoms with Gasteiger partial charge in [-0.2, -0.15) is 0 Å². The highest BCUT2D eigenvalue weighted by atomic mass is 16.5. The molecule has 0 radical (unpaired) electrons. The molecule has 0 heterocycles. The maximum atomic E-state index is 5.96. The number of hydrogen-bond donors (Lipinski definition) is 1. The van der Waals surface area contributed by atoms with Gasteiger partial charge in [0.15, 0.2) is 11.5 Å². The summed E-state index contributed by atoms with van der Waals surface area (Å²) in [5.74, 6) is 1.59. The standard InChI is InChI=1S/C31H49NO2/c1-3-4-5-6-7-8-9-10-11-12-13-14-15-19-24-32-26-29-22-23-30(31(25-29)33-2)34-27-28-20-17-16-18-21-28/h16-18,20-23,25,32H,3-15,19,24,26-27H2,1-2H3. The number of unbranched alkanes of at least 4 members (excludes halogenated alkanes) is 13. The summed E-state index contributed by atoms with van der Waals surface area (Å²) in [6.07, 6.45) is 19.7. The fourth-order valence-corrected chi connectivity index (χ4v) is 4.35. The largest absolute Gasteiger partial charge is 0.493 e. The average Bonchev–Trinajstić information content (AvgIpc) is 2.88. The number of benzene rings is 2. The zero-order valence-electron chi connectivity index (χ0n) is 22.0. The molecule has 2 aromatic rings. The fourth-order valence-electron chi connectivity index (χ4n) is 4.35. The predicted molar refractivity (Wildman–Crippen MR) is 146 cm³/mol. The number of methoxy groups -OCH3 is 1. The van der Waals surface area contributed by atoms with E-state index < -0.39 is 0 Å². The summed E-state index contributed by atoms with van der Waals surface area (Å²) in [5, 5.41) is 3.58. The van der Waals surface area contributed by atoms with Crippen molar-refractivity contribution in [3.05, 3.63) is 59.7 Å². The van der Waals surface area contributed by atoms with Crippen molar-refractivity contribution in [2.24, 2.45) is 0 Å². The molecule has 0 unspecified atom stereocenters. The van der Waals surface area contributed by atoms with Gasteiger partial charge >= 0.3 is 0 Å². The van der Waals surface area contributed by atoms with E-state index in [1.165, 1.54) is 95.5 Å². The van der Waals surface area contributed by atoms with E-state index in [0.29, 0.717) is 6.61 Å². The quantitative estimate of drug-likeness (QED) is 0.186. The van der Waals surface area contributed by atoms with Gasteiger partial charge in [-0.25, -0.2) is 0 Å². The van der Waals surface area contributed by atoms with E-state index in [2.05, 4.69) is 36.5 Å². The maximum Gasteiger partial charge on any atom is 0.161 e. The van der Waals surface area contributed by atoms with Crippen LogP contribution >= 0.6 is 0 Å². The molecule has 190 valence electrons. The van der Waals surface area contributed by atoms with Crippen LogP contribution in [0.1, 0.15) is 108 Å². The summed E-state index contributed by atoms with van der Waals surface area (Å²) in [7, 11) is 1.70. The van der Waals surface area contributed by atoms with Gasteiger partial charge in [0.25, 0.3) is 0 Å². The predicted octanol–water partition coefficient (Wildman–Crippen LogP) is 8.85. The van der Waals surface area contributed by atoms with Crippen molar-refractivity contribution in [2.75, 3.05) is 13.7 Å². The van der Waals surface area contributed by atoms with Gasteiger partial charge in [-0.15, -0.1) is 0 Å². The SMILES string of the molecule is CCCCCCCCCCCCCCCCNCc1ccc(OCc2ccccc2)c(OC)c1. The van der Waals surface area contributed by atoms with E-state index in [-0.39, 0.29) is 0 Å². The third-order valence-corrected chi connectivity index (χ3v) is 6.50. The molecule has 3 nitrogen and oxygen atoms in total. The molecule has 0 amide bonds. The monoisotopic (exact) mass is 467 g/mol. The first-order chi connectivity index (χ1) is 16.8. The van der Waals surface area contributed by atoms with Crippen molar-refractivity contribution in [3.63, 3.8) is 0 Å². The van der Waals surface area contributed by atoms with E-state index in [4.69, 9.17) is 9.47 Å². The minimum absolute atomic E-state index is 0.550. The van der Waals surface area contributed by atoms with E-state index in [0.717, 1.165) is 30.2 Å². The number of ether oxygens (including phenoxy) is 2. The lowest BCUT2D eigenvalue weighted by molar-refractivity contribution is 0.284. The van der Waals surface area contributed by atoms with Crippen molar-refractivity contribution in [1.29, 1.82) is 0 Å². The van der Waals surface area contributed by atoms with Crippen molar-refractivity contribution < 1.29 is 9.47 Å². The van der Waals surface area contributed by atoms with Crippen LogP contribution in [0, 0.1) is 0 Å². The van der Waals surface area contributed by atoms with Gasteiger partial charge in [0.05, 0.1) is 7.11 Å². The van der Waals surface area contributed by atoms with Gasteiger partial charge in [0.2, 0.25) is 0 Å². The lowest BCUT2D eigenvalue weighted by atomic mass is 10.0. The summed E-state index contributed by atoms with van der Waals surface area (Å²) in [5.41, 5.74) is 2.39. The van der Waals surface area contributed by atoms with E-state index in [1.54, 1.807) is 7.11 Å². The second-order valence-corrected chi connectivity index (χ2v) is 9.53. The molecule has 0 bridgehead atoms. The third-order valence-electron chi connectivity index (χ3n) is 6.50. The van der Waals surface area contributed by atoms with Gasteiger partial charge in [-0.3, -0.25) is 0 Å². The zero-order valence-corrected chi connectivity index (χ0v) is 22.0. The van der Waals surface area contributed by atoms with E-state index in [9.17, 15) is 0 Å². The van der Waals surface area contributed by atoms with Crippen LogP contribution in [-0.2, 0) is 13.2 Å². The Bertz CT molecular complexity index is 731. The number of nitrogens with one attached hydrogen (secondary N) is 1. The van der Waals surface area contributed by atoms with Crippen LogP contribution in [0.25, 0.3) is 0 Å². The normalized spacial score (nSPS) is 11.0. The molecule has 0 aliphatic rings. The lowest BCUT2D eigenvalue weighted by Gasteiger charge is -2.13. The first-order valence-corrected chi connectivity index (χ1v) is 13.9. The molecule has 0 saturated carbocycles. The molecule has 0 spiro atoms. The molecule has 0 aliphatic carbocycles. The second kappa shape index (κ2) is 19.3. The van der Waals surface area contributed by atoms with Gasteiger partial charge in [0, 0.05) is 6.54 Å². The maximum absolute atomic E-state index is 5.96. The molecule has 0 fully saturated rings. The summed E-state index contributed by atoms with van der Waals surface area (Å²) in [6, 6.07) is 16.4. The number of rotatable bonds is 21. The molecular formula is C31H49NO2. The van der Waals surface area contributed by atoms with Crippen molar-refractivity contribution >= 4 is 0 Å².